The summed E-state index contributed by atoms with van der Waals surface area (Å²) in [5, 5.41) is 2.66. The van der Waals surface area contributed by atoms with Crippen LogP contribution in [0, 0.1) is 0 Å². The van der Waals surface area contributed by atoms with E-state index in [1.807, 2.05) is 36.0 Å². The number of carbonyl (C=O) groups excluding carboxylic acids is 1. The van der Waals surface area contributed by atoms with Crippen molar-refractivity contribution in [3.8, 4) is 17.2 Å². The number of nitrogens with zero attached hydrogens (tertiary/aromatic N) is 1. The maximum absolute atomic E-state index is 11.4. The van der Waals surface area contributed by atoms with Gasteiger partial charge in [-0.25, -0.2) is 9.36 Å². The molecule has 0 radical (unpaired) electrons. The molecule has 8 heteroatoms. The van der Waals surface area contributed by atoms with Crippen molar-refractivity contribution in [2.24, 2.45) is 5.73 Å². The van der Waals surface area contributed by atoms with Crippen LogP contribution >= 0.6 is 0 Å². The number of urea groups is 1. The van der Waals surface area contributed by atoms with E-state index in [1.165, 1.54) is 0 Å². The van der Waals surface area contributed by atoms with Crippen molar-refractivity contribution in [1.29, 1.82) is 0 Å². The fraction of sp³-hybridized carbons (Fsp3) is 0.263. The van der Waals surface area contributed by atoms with Crippen LogP contribution in [0.1, 0.15) is 18.1 Å². The predicted molar refractivity (Wildman–Crippen MR) is 99.0 cm³/mol. The summed E-state index contributed by atoms with van der Waals surface area (Å²) in [6, 6.07) is 6.75. The number of carbonyl (C=O) groups is 1. The molecule has 7 nitrogen and oxygen atoms in total. The first-order valence-corrected chi connectivity index (χ1v) is 8.10. The Hall–Kier alpha value is -2.74. The molecule has 0 aliphatic rings. The Labute approximate surface area is 169 Å². The van der Waals surface area contributed by atoms with Crippen molar-refractivity contribution in [3.63, 3.8) is 0 Å². The number of hydrogen-bond donors (Lipinski definition) is 2. The Morgan fingerprint density at radius 3 is 2.07 bits per heavy atom. The fourth-order valence-corrected chi connectivity index (χ4v) is 2.52. The largest absolute Gasteiger partial charge is 1.00 e. The van der Waals surface area contributed by atoms with E-state index in [0.717, 1.165) is 17.7 Å². The average Bonchev–Trinajstić information content (AvgIpc) is 2.66. The molecule has 2 aromatic rings. The summed E-state index contributed by atoms with van der Waals surface area (Å²) in [7, 11) is 4.64. The maximum Gasteiger partial charge on any atom is 0.316 e. The van der Waals surface area contributed by atoms with Gasteiger partial charge in [0.25, 0.3) is 0 Å². The molecule has 1 heterocycles. The molecule has 2 amide bonds. The minimum absolute atomic E-state index is 0. The molecule has 0 aliphatic carbocycles. The van der Waals surface area contributed by atoms with Crippen LogP contribution in [-0.4, -0.2) is 27.4 Å². The van der Waals surface area contributed by atoms with Crippen molar-refractivity contribution in [3.05, 3.63) is 47.8 Å². The number of primary amides is 1. The normalized spacial score (nSPS) is 10.6. The van der Waals surface area contributed by atoms with Crippen LogP contribution in [0.5, 0.6) is 17.2 Å². The Balaban J connectivity index is 0.00000364. The van der Waals surface area contributed by atoms with Gasteiger partial charge in [-0.15, -0.1) is 0 Å². The zero-order chi connectivity index (χ0) is 19.1. The van der Waals surface area contributed by atoms with E-state index in [-0.39, 0.29) is 17.0 Å². The molecule has 146 valence electrons. The number of halogens is 1. The number of ether oxygens (including phenoxy) is 3. The number of aromatic nitrogens is 1. The highest BCUT2D eigenvalue weighted by atomic mass is 79.9. The third kappa shape index (κ3) is 5.62. The molecule has 3 N–H and O–H groups in total. The van der Waals surface area contributed by atoms with Crippen molar-refractivity contribution in [2.75, 3.05) is 21.3 Å². The highest BCUT2D eigenvalue weighted by Crippen LogP contribution is 2.38. The summed E-state index contributed by atoms with van der Waals surface area (Å²) < 4.78 is 18.1. The number of amides is 2. The van der Waals surface area contributed by atoms with Crippen LogP contribution in [0.4, 0.5) is 4.79 Å². The first kappa shape index (κ1) is 22.3. The first-order valence-electron chi connectivity index (χ1n) is 8.10. The molecule has 0 aliphatic heterocycles. The average molecular weight is 438 g/mol. The summed E-state index contributed by atoms with van der Waals surface area (Å²) >= 11 is 0. The van der Waals surface area contributed by atoms with E-state index in [2.05, 4.69) is 5.32 Å². The molecule has 1 aromatic carbocycles. The minimum Gasteiger partial charge on any atom is -1.00 e. The summed E-state index contributed by atoms with van der Waals surface area (Å²) in [6.07, 6.45) is 5.66. The SMILES string of the molecule is CC[n+]1ccc(/C(=C/c2cc(OC)c(OC)c(OC)c2)NC(N)=O)cc1.[Br-]. The first-order chi connectivity index (χ1) is 12.5. The van der Waals surface area contributed by atoms with Gasteiger partial charge in [-0.3, -0.25) is 0 Å². The van der Waals surface area contributed by atoms with Gasteiger partial charge < -0.3 is 42.2 Å². The third-order valence-corrected chi connectivity index (χ3v) is 3.82. The summed E-state index contributed by atoms with van der Waals surface area (Å²) in [5.74, 6) is 1.54. The standard InChI is InChI=1S/C19H23N3O4.BrH/c1-5-22-8-6-14(7-9-22)15(21-19(20)23)10-13-11-16(24-2)18(26-4)17(12-13)25-3;/h6-12H,5H2,1-4H3,(H2-,20,21,23);1H/b15-10-;. The molecule has 27 heavy (non-hydrogen) atoms. The Morgan fingerprint density at radius 2 is 1.67 bits per heavy atom. The van der Waals surface area contributed by atoms with Crippen LogP contribution in [0.15, 0.2) is 36.7 Å². The Morgan fingerprint density at radius 1 is 1.11 bits per heavy atom. The second-order valence-electron chi connectivity index (χ2n) is 5.42. The van der Waals surface area contributed by atoms with Crippen LogP contribution in [-0.2, 0) is 6.54 Å². The number of benzene rings is 1. The molecule has 0 unspecified atom stereocenters. The lowest BCUT2D eigenvalue weighted by molar-refractivity contribution is -0.693. The maximum atomic E-state index is 11.4. The van der Waals surface area contributed by atoms with Gasteiger partial charge in [0.2, 0.25) is 5.75 Å². The Kier molecular flexibility index (Phi) is 8.61. The molecule has 0 atom stereocenters. The second-order valence-corrected chi connectivity index (χ2v) is 5.42. The van der Waals surface area contributed by atoms with E-state index in [0.29, 0.717) is 22.9 Å². The van der Waals surface area contributed by atoms with Gasteiger partial charge in [0.1, 0.15) is 6.54 Å². The van der Waals surface area contributed by atoms with Gasteiger partial charge in [-0.05, 0) is 30.7 Å². The monoisotopic (exact) mass is 437 g/mol. The number of rotatable bonds is 7. The lowest BCUT2D eigenvalue weighted by Gasteiger charge is -2.14. The molecule has 0 saturated heterocycles. The molecule has 0 spiro atoms. The highest BCUT2D eigenvalue weighted by Gasteiger charge is 2.14. The van der Waals surface area contributed by atoms with Crippen LogP contribution in [0.25, 0.3) is 11.8 Å². The minimum atomic E-state index is -0.643. The lowest BCUT2D eigenvalue weighted by atomic mass is 10.1. The van der Waals surface area contributed by atoms with E-state index >= 15 is 0 Å². The molecule has 0 bridgehead atoms. The number of hydrogen-bond acceptors (Lipinski definition) is 4. The topological polar surface area (TPSA) is 86.7 Å². The molecule has 2 rings (SSSR count). The van der Waals surface area contributed by atoms with E-state index in [1.54, 1.807) is 39.5 Å². The predicted octanol–water partition coefficient (Wildman–Crippen LogP) is -0.810. The van der Waals surface area contributed by atoms with Gasteiger partial charge in [0, 0.05) is 17.7 Å². The number of aryl methyl sites for hydroxylation is 1. The molecular formula is C19H24BrN3O4. The van der Waals surface area contributed by atoms with Gasteiger partial charge >= 0.3 is 6.03 Å². The van der Waals surface area contributed by atoms with Gasteiger partial charge in [-0.2, -0.15) is 0 Å². The van der Waals surface area contributed by atoms with Crippen molar-refractivity contribution < 1.29 is 40.6 Å². The smallest absolute Gasteiger partial charge is 0.316 e. The second kappa shape index (κ2) is 10.4. The molecule has 1 aromatic heterocycles. The zero-order valence-corrected chi connectivity index (χ0v) is 17.4. The molecule has 0 fully saturated rings. The van der Waals surface area contributed by atoms with Gasteiger partial charge in [0.15, 0.2) is 23.9 Å². The van der Waals surface area contributed by atoms with Gasteiger partial charge in [-0.1, -0.05) is 0 Å². The summed E-state index contributed by atoms with van der Waals surface area (Å²) in [6.45, 7) is 2.91. The van der Waals surface area contributed by atoms with Crippen molar-refractivity contribution in [2.45, 2.75) is 13.5 Å². The number of nitrogens with two attached hydrogens (primary N) is 1. The number of pyridine rings is 1. The summed E-state index contributed by atoms with van der Waals surface area (Å²) in [5.41, 5.74) is 7.48. The number of methoxy groups -OCH3 is 3. The molecular weight excluding hydrogens is 414 g/mol. The third-order valence-electron chi connectivity index (χ3n) is 3.82. The van der Waals surface area contributed by atoms with Crippen molar-refractivity contribution >= 4 is 17.8 Å². The van der Waals surface area contributed by atoms with E-state index in [4.69, 9.17) is 19.9 Å². The van der Waals surface area contributed by atoms with Crippen LogP contribution in [0.2, 0.25) is 0 Å². The fourth-order valence-electron chi connectivity index (χ4n) is 2.52. The van der Waals surface area contributed by atoms with Crippen LogP contribution in [0.3, 0.4) is 0 Å². The summed E-state index contributed by atoms with van der Waals surface area (Å²) in [4.78, 5) is 11.4. The quantitative estimate of drug-likeness (QED) is 0.554. The zero-order valence-electron chi connectivity index (χ0n) is 15.8. The molecule has 0 saturated carbocycles. The van der Waals surface area contributed by atoms with E-state index in [9.17, 15) is 4.79 Å². The van der Waals surface area contributed by atoms with Crippen LogP contribution < -0.4 is 46.8 Å². The lowest BCUT2D eigenvalue weighted by Crippen LogP contribution is -3.00. The number of nitrogens with one attached hydrogen (secondary N) is 1. The van der Waals surface area contributed by atoms with Gasteiger partial charge in [0.05, 0.1) is 27.0 Å². The van der Waals surface area contributed by atoms with Crippen molar-refractivity contribution in [1.82, 2.24) is 5.32 Å². The highest BCUT2D eigenvalue weighted by molar-refractivity contribution is 5.91. The Bertz CT molecular complexity index is 782. The van der Waals surface area contributed by atoms with E-state index < -0.39 is 6.03 Å².